The second-order valence-electron chi connectivity index (χ2n) is 6.82. The molecule has 0 fully saturated rings. The Kier molecular flexibility index (Phi) is 7.02. The van der Waals surface area contributed by atoms with Crippen LogP contribution in [0.3, 0.4) is 0 Å². The normalized spacial score (nSPS) is 11.4. The van der Waals surface area contributed by atoms with E-state index >= 15 is 0 Å². The summed E-state index contributed by atoms with van der Waals surface area (Å²) in [5, 5.41) is 2.85. The Morgan fingerprint density at radius 2 is 1.90 bits per heavy atom. The van der Waals surface area contributed by atoms with Gasteiger partial charge in [0.2, 0.25) is 10.0 Å². The van der Waals surface area contributed by atoms with E-state index in [4.69, 9.17) is 4.74 Å². The van der Waals surface area contributed by atoms with Gasteiger partial charge in [-0.15, -0.1) is 11.3 Å². The number of aryl methyl sites for hydroxylation is 2. The highest BCUT2D eigenvalue weighted by atomic mass is 32.2. The maximum Gasteiger partial charge on any atom is 0.338 e. The Labute approximate surface area is 181 Å². The van der Waals surface area contributed by atoms with Crippen LogP contribution in [0.2, 0.25) is 0 Å². The predicted molar refractivity (Wildman–Crippen MR) is 118 cm³/mol. The standard InChI is InChI=1S/C22H24N2O4S2/c1-4-16-9-10-19(13-20(16)22(25)28-3)30(26,27)23-12-11-18-14-29-21(24-18)17-7-5-15(2)6-8-17/h5-10,13-14,23H,4,11-12H2,1-3H3. The first-order chi connectivity index (χ1) is 14.3. The quantitative estimate of drug-likeness (QED) is 0.531. The summed E-state index contributed by atoms with van der Waals surface area (Å²) in [5.41, 5.74) is 4.07. The van der Waals surface area contributed by atoms with Crippen molar-refractivity contribution < 1.29 is 17.9 Å². The minimum absolute atomic E-state index is 0.0405. The van der Waals surface area contributed by atoms with Crippen molar-refractivity contribution in [3.8, 4) is 10.6 Å². The molecule has 3 rings (SSSR count). The molecule has 0 atom stereocenters. The van der Waals surface area contributed by atoms with Crippen molar-refractivity contribution in [2.75, 3.05) is 13.7 Å². The van der Waals surface area contributed by atoms with Crippen molar-refractivity contribution in [3.63, 3.8) is 0 Å². The minimum Gasteiger partial charge on any atom is -0.465 e. The number of esters is 1. The maximum absolute atomic E-state index is 12.7. The maximum atomic E-state index is 12.7. The molecule has 1 aromatic heterocycles. The van der Waals surface area contributed by atoms with E-state index in [2.05, 4.69) is 9.71 Å². The number of rotatable bonds is 8. The molecule has 0 bridgehead atoms. The molecule has 8 heteroatoms. The van der Waals surface area contributed by atoms with E-state index in [1.165, 1.54) is 36.1 Å². The monoisotopic (exact) mass is 444 g/mol. The summed E-state index contributed by atoms with van der Waals surface area (Å²) in [5.74, 6) is -0.546. The summed E-state index contributed by atoms with van der Waals surface area (Å²) < 4.78 is 32.7. The number of hydrogen-bond donors (Lipinski definition) is 1. The van der Waals surface area contributed by atoms with Gasteiger partial charge < -0.3 is 4.74 Å². The zero-order valence-corrected chi connectivity index (χ0v) is 18.8. The van der Waals surface area contributed by atoms with Crippen LogP contribution in [0, 0.1) is 6.92 Å². The summed E-state index contributed by atoms with van der Waals surface area (Å²) in [4.78, 5) is 16.6. The molecule has 1 N–H and O–H groups in total. The lowest BCUT2D eigenvalue weighted by molar-refractivity contribution is 0.0599. The molecule has 2 aromatic carbocycles. The average Bonchev–Trinajstić information content (AvgIpc) is 3.22. The number of aromatic nitrogens is 1. The molecule has 30 heavy (non-hydrogen) atoms. The van der Waals surface area contributed by atoms with Crippen LogP contribution in [0.4, 0.5) is 0 Å². The number of hydrogen-bond acceptors (Lipinski definition) is 6. The number of carbonyl (C=O) groups is 1. The van der Waals surface area contributed by atoms with Crippen molar-refractivity contribution in [1.29, 1.82) is 0 Å². The number of carbonyl (C=O) groups excluding carboxylic acids is 1. The van der Waals surface area contributed by atoms with Crippen molar-refractivity contribution in [2.45, 2.75) is 31.6 Å². The summed E-state index contributed by atoms with van der Waals surface area (Å²) in [6.45, 7) is 4.14. The molecule has 0 radical (unpaired) electrons. The molecule has 0 saturated carbocycles. The Hall–Kier alpha value is -2.55. The van der Waals surface area contributed by atoms with Gasteiger partial charge in [0, 0.05) is 23.9 Å². The van der Waals surface area contributed by atoms with Gasteiger partial charge in [-0.3, -0.25) is 0 Å². The highest BCUT2D eigenvalue weighted by molar-refractivity contribution is 7.89. The third-order valence-electron chi connectivity index (χ3n) is 4.70. The molecule has 0 saturated heterocycles. The summed E-state index contributed by atoms with van der Waals surface area (Å²) in [7, 11) is -2.47. The SMILES string of the molecule is CCc1ccc(S(=O)(=O)NCCc2csc(-c3ccc(C)cc3)n2)cc1C(=O)OC. The highest BCUT2D eigenvalue weighted by Crippen LogP contribution is 2.24. The third-order valence-corrected chi connectivity index (χ3v) is 7.10. The van der Waals surface area contributed by atoms with E-state index in [0.29, 0.717) is 12.8 Å². The lowest BCUT2D eigenvalue weighted by Crippen LogP contribution is -2.26. The first-order valence-electron chi connectivity index (χ1n) is 9.56. The summed E-state index contributed by atoms with van der Waals surface area (Å²) >= 11 is 1.53. The molecule has 0 spiro atoms. The number of benzene rings is 2. The zero-order chi connectivity index (χ0) is 21.7. The van der Waals surface area contributed by atoms with Crippen molar-refractivity contribution in [2.24, 2.45) is 0 Å². The van der Waals surface area contributed by atoms with E-state index in [1.54, 1.807) is 6.07 Å². The Bertz CT molecular complexity index is 1140. The predicted octanol–water partition coefficient (Wildman–Crippen LogP) is 3.99. The summed E-state index contributed by atoms with van der Waals surface area (Å²) in [6.07, 6.45) is 1.07. The molecule has 0 aliphatic heterocycles. The highest BCUT2D eigenvalue weighted by Gasteiger charge is 2.19. The number of thiazole rings is 1. The van der Waals surface area contributed by atoms with Gasteiger partial charge in [-0.2, -0.15) is 0 Å². The van der Waals surface area contributed by atoms with Gasteiger partial charge in [-0.25, -0.2) is 22.9 Å². The van der Waals surface area contributed by atoms with Gasteiger partial charge in [-0.1, -0.05) is 42.8 Å². The molecule has 1 heterocycles. The van der Waals surface area contributed by atoms with Crippen molar-refractivity contribution in [1.82, 2.24) is 9.71 Å². The smallest absolute Gasteiger partial charge is 0.338 e. The second-order valence-corrected chi connectivity index (χ2v) is 9.45. The van der Waals surface area contributed by atoms with E-state index in [-0.39, 0.29) is 17.0 Å². The molecule has 0 amide bonds. The topological polar surface area (TPSA) is 85.4 Å². The fourth-order valence-electron chi connectivity index (χ4n) is 2.98. The first kappa shape index (κ1) is 22.1. The molecule has 0 aliphatic rings. The molecule has 0 aliphatic carbocycles. The number of ether oxygens (including phenoxy) is 1. The van der Waals surface area contributed by atoms with Crippen LogP contribution in [0.25, 0.3) is 10.6 Å². The Morgan fingerprint density at radius 3 is 2.57 bits per heavy atom. The van der Waals surface area contributed by atoms with Gasteiger partial charge >= 0.3 is 5.97 Å². The minimum atomic E-state index is -3.75. The van der Waals surface area contributed by atoms with E-state index in [0.717, 1.165) is 21.8 Å². The molecular formula is C22H24N2O4S2. The zero-order valence-electron chi connectivity index (χ0n) is 17.1. The lowest BCUT2D eigenvalue weighted by Gasteiger charge is -2.10. The number of sulfonamides is 1. The second kappa shape index (κ2) is 9.51. The third kappa shape index (κ3) is 5.13. The van der Waals surface area contributed by atoms with Crippen LogP contribution >= 0.6 is 11.3 Å². The van der Waals surface area contributed by atoms with Gasteiger partial charge in [0.25, 0.3) is 0 Å². The number of methoxy groups -OCH3 is 1. The average molecular weight is 445 g/mol. The molecule has 3 aromatic rings. The van der Waals surface area contributed by atoms with Gasteiger partial charge in [0.15, 0.2) is 0 Å². The molecule has 158 valence electrons. The van der Waals surface area contributed by atoms with Gasteiger partial charge in [0.1, 0.15) is 5.01 Å². The lowest BCUT2D eigenvalue weighted by atomic mass is 10.1. The van der Waals surface area contributed by atoms with Crippen LogP contribution in [0.1, 0.15) is 34.1 Å². The van der Waals surface area contributed by atoms with Gasteiger partial charge in [-0.05, 0) is 31.0 Å². The van der Waals surface area contributed by atoms with E-state index < -0.39 is 16.0 Å². The van der Waals surface area contributed by atoms with Crippen molar-refractivity contribution in [3.05, 3.63) is 70.2 Å². The Morgan fingerprint density at radius 1 is 1.17 bits per heavy atom. The van der Waals surface area contributed by atoms with E-state index in [9.17, 15) is 13.2 Å². The van der Waals surface area contributed by atoms with Crippen LogP contribution in [0.15, 0.2) is 52.7 Å². The van der Waals surface area contributed by atoms with Crippen molar-refractivity contribution >= 4 is 27.3 Å². The first-order valence-corrected chi connectivity index (χ1v) is 11.9. The number of nitrogens with zero attached hydrogens (tertiary/aromatic N) is 1. The van der Waals surface area contributed by atoms with Crippen LogP contribution < -0.4 is 4.72 Å². The van der Waals surface area contributed by atoms with E-state index in [1.807, 2.05) is 43.5 Å². The fourth-order valence-corrected chi connectivity index (χ4v) is 4.90. The largest absolute Gasteiger partial charge is 0.465 e. The number of nitrogens with one attached hydrogen (secondary N) is 1. The molecule has 0 unspecified atom stereocenters. The summed E-state index contributed by atoms with van der Waals surface area (Å²) in [6, 6.07) is 12.7. The van der Waals surface area contributed by atoms with Gasteiger partial charge in [0.05, 0.1) is 23.3 Å². The molecule has 6 nitrogen and oxygen atoms in total. The molecular weight excluding hydrogens is 420 g/mol. The van der Waals surface area contributed by atoms with Crippen LogP contribution in [-0.2, 0) is 27.6 Å². The fraction of sp³-hybridized carbons (Fsp3) is 0.273. The van der Waals surface area contributed by atoms with Crippen LogP contribution in [0.5, 0.6) is 0 Å². The Balaban J connectivity index is 1.67. The van der Waals surface area contributed by atoms with Crippen LogP contribution in [-0.4, -0.2) is 33.0 Å².